The molecular weight excluding hydrogens is 367 g/mol. The van der Waals surface area contributed by atoms with Crippen molar-refractivity contribution in [3.05, 3.63) is 58.1 Å². The molecule has 0 aliphatic heterocycles. The molecule has 24 heavy (non-hydrogen) atoms. The Labute approximate surface area is 152 Å². The third kappa shape index (κ3) is 3.70. The number of nitrogens with one attached hydrogen (secondary N) is 1. The first-order chi connectivity index (χ1) is 11.6. The van der Waals surface area contributed by atoms with Crippen molar-refractivity contribution in [2.24, 2.45) is 0 Å². The zero-order valence-electron chi connectivity index (χ0n) is 12.5. The molecule has 3 aromatic rings. The van der Waals surface area contributed by atoms with Crippen molar-refractivity contribution in [3.8, 4) is 5.75 Å². The molecule has 0 aliphatic carbocycles. The topological polar surface area (TPSA) is 51.2 Å². The Morgan fingerprint density at radius 3 is 2.83 bits per heavy atom. The summed E-state index contributed by atoms with van der Waals surface area (Å²) in [7, 11) is 1.59. The fraction of sp³-hybridized carbons (Fsp3) is 0.0588. The lowest BCUT2D eigenvalue weighted by Gasteiger charge is -1.99. The highest BCUT2D eigenvalue weighted by Crippen LogP contribution is 2.32. The average Bonchev–Trinajstić information content (AvgIpc) is 2.98. The molecule has 1 aromatic heterocycles. The van der Waals surface area contributed by atoms with Crippen molar-refractivity contribution in [3.63, 3.8) is 0 Å². The third-order valence-electron chi connectivity index (χ3n) is 3.20. The van der Waals surface area contributed by atoms with Crippen LogP contribution >= 0.6 is 34.5 Å². The van der Waals surface area contributed by atoms with Gasteiger partial charge < -0.3 is 4.74 Å². The van der Waals surface area contributed by atoms with Gasteiger partial charge in [0, 0.05) is 6.08 Å². The molecule has 0 fully saturated rings. The first-order valence-electron chi connectivity index (χ1n) is 6.94. The van der Waals surface area contributed by atoms with Crippen LogP contribution in [0.3, 0.4) is 0 Å². The smallest absolute Gasteiger partial charge is 0.250 e. The van der Waals surface area contributed by atoms with Crippen molar-refractivity contribution in [1.82, 2.24) is 4.98 Å². The Morgan fingerprint density at radius 2 is 2.08 bits per heavy atom. The Kier molecular flexibility index (Phi) is 5.04. The molecule has 0 saturated carbocycles. The zero-order valence-corrected chi connectivity index (χ0v) is 14.9. The quantitative estimate of drug-likeness (QED) is 0.629. The second-order valence-corrected chi connectivity index (χ2v) is 6.67. The number of aromatic nitrogens is 1. The van der Waals surface area contributed by atoms with Crippen LogP contribution in [0.5, 0.6) is 5.75 Å². The van der Waals surface area contributed by atoms with Gasteiger partial charge in [-0.2, -0.15) is 0 Å². The number of ether oxygens (including phenoxy) is 1. The number of hydrogen-bond donors (Lipinski definition) is 1. The minimum absolute atomic E-state index is 0.279. The maximum atomic E-state index is 12.0. The Bertz CT molecular complexity index is 937. The van der Waals surface area contributed by atoms with E-state index in [0.29, 0.717) is 20.9 Å². The van der Waals surface area contributed by atoms with Gasteiger partial charge >= 0.3 is 0 Å². The van der Waals surface area contributed by atoms with Crippen molar-refractivity contribution in [2.75, 3.05) is 12.4 Å². The van der Waals surface area contributed by atoms with E-state index in [1.807, 2.05) is 18.2 Å². The van der Waals surface area contributed by atoms with Gasteiger partial charge in [-0.1, -0.05) is 46.7 Å². The number of benzene rings is 2. The zero-order chi connectivity index (χ0) is 17.1. The molecule has 0 unspecified atom stereocenters. The van der Waals surface area contributed by atoms with E-state index in [1.54, 1.807) is 31.4 Å². The molecule has 1 heterocycles. The number of nitrogens with zero attached hydrogens (tertiary/aromatic N) is 1. The van der Waals surface area contributed by atoms with Gasteiger partial charge in [-0.3, -0.25) is 10.1 Å². The summed E-state index contributed by atoms with van der Waals surface area (Å²) < 4.78 is 6.21. The summed E-state index contributed by atoms with van der Waals surface area (Å²) >= 11 is 13.2. The summed E-state index contributed by atoms with van der Waals surface area (Å²) in [4.78, 5) is 16.4. The van der Waals surface area contributed by atoms with Crippen LogP contribution in [0, 0.1) is 0 Å². The van der Waals surface area contributed by atoms with Gasteiger partial charge in [0.05, 0.1) is 21.9 Å². The van der Waals surface area contributed by atoms with E-state index in [2.05, 4.69) is 10.3 Å². The van der Waals surface area contributed by atoms with Crippen LogP contribution in [-0.4, -0.2) is 18.0 Å². The van der Waals surface area contributed by atoms with Gasteiger partial charge in [0.2, 0.25) is 5.91 Å². The molecule has 7 heteroatoms. The Morgan fingerprint density at radius 1 is 1.25 bits per heavy atom. The van der Waals surface area contributed by atoms with Gasteiger partial charge in [-0.25, -0.2) is 4.98 Å². The summed E-state index contributed by atoms with van der Waals surface area (Å²) in [6.07, 6.45) is 3.08. The molecule has 0 radical (unpaired) electrons. The van der Waals surface area contributed by atoms with E-state index in [9.17, 15) is 4.79 Å². The van der Waals surface area contributed by atoms with Gasteiger partial charge in [0.1, 0.15) is 11.3 Å². The van der Waals surface area contributed by atoms with E-state index in [0.717, 1.165) is 15.8 Å². The summed E-state index contributed by atoms with van der Waals surface area (Å²) in [6, 6.07) is 10.8. The normalized spacial score (nSPS) is 11.1. The lowest BCUT2D eigenvalue weighted by Crippen LogP contribution is -2.07. The molecule has 0 spiro atoms. The van der Waals surface area contributed by atoms with Crippen LogP contribution in [0.4, 0.5) is 5.13 Å². The van der Waals surface area contributed by atoms with Crippen LogP contribution in [0.2, 0.25) is 10.0 Å². The highest BCUT2D eigenvalue weighted by molar-refractivity contribution is 7.22. The van der Waals surface area contributed by atoms with Crippen molar-refractivity contribution >= 4 is 61.9 Å². The number of para-hydroxylation sites is 1. The average molecular weight is 379 g/mol. The van der Waals surface area contributed by atoms with E-state index < -0.39 is 0 Å². The van der Waals surface area contributed by atoms with E-state index in [1.165, 1.54) is 17.4 Å². The molecule has 3 rings (SSSR count). The molecule has 1 N–H and O–H groups in total. The molecular formula is C17H12Cl2N2O2S. The Balaban J connectivity index is 1.74. The second-order valence-electron chi connectivity index (χ2n) is 4.82. The number of rotatable bonds is 4. The fourth-order valence-electron chi connectivity index (χ4n) is 2.08. The summed E-state index contributed by atoms with van der Waals surface area (Å²) in [5.74, 6) is 0.398. The lowest BCUT2D eigenvalue weighted by atomic mass is 10.2. The highest BCUT2D eigenvalue weighted by atomic mass is 35.5. The third-order valence-corrected chi connectivity index (χ3v) is 4.88. The molecule has 0 bridgehead atoms. The largest absolute Gasteiger partial charge is 0.494 e. The summed E-state index contributed by atoms with van der Waals surface area (Å²) in [5, 5.41) is 4.17. The second kappa shape index (κ2) is 7.21. The number of carbonyl (C=O) groups is 1. The fourth-order valence-corrected chi connectivity index (χ4v) is 3.27. The van der Waals surface area contributed by atoms with E-state index in [-0.39, 0.29) is 5.91 Å². The van der Waals surface area contributed by atoms with E-state index >= 15 is 0 Å². The van der Waals surface area contributed by atoms with Crippen molar-refractivity contribution in [2.45, 2.75) is 0 Å². The molecule has 122 valence electrons. The number of hydrogen-bond acceptors (Lipinski definition) is 4. The van der Waals surface area contributed by atoms with Crippen LogP contribution in [0.25, 0.3) is 16.3 Å². The van der Waals surface area contributed by atoms with Crippen LogP contribution in [0.15, 0.2) is 42.5 Å². The molecule has 4 nitrogen and oxygen atoms in total. The number of thiazole rings is 1. The molecule has 0 aliphatic rings. The van der Waals surface area contributed by atoms with Gasteiger partial charge in [0.15, 0.2) is 5.13 Å². The maximum absolute atomic E-state index is 12.0. The number of carbonyl (C=O) groups excluding carboxylic acids is 1. The number of fused-ring (bicyclic) bond motifs is 1. The predicted octanol–water partition coefficient (Wildman–Crippen LogP) is 5.26. The van der Waals surface area contributed by atoms with Crippen LogP contribution in [0.1, 0.15) is 5.56 Å². The van der Waals surface area contributed by atoms with Crippen LogP contribution < -0.4 is 10.1 Å². The number of amides is 1. The summed E-state index contributed by atoms with van der Waals surface area (Å²) in [6.45, 7) is 0. The summed E-state index contributed by atoms with van der Waals surface area (Å²) in [5.41, 5.74) is 1.51. The molecule has 0 saturated heterocycles. The minimum Gasteiger partial charge on any atom is -0.494 e. The first-order valence-corrected chi connectivity index (χ1v) is 8.52. The van der Waals surface area contributed by atoms with E-state index in [4.69, 9.17) is 27.9 Å². The van der Waals surface area contributed by atoms with Gasteiger partial charge in [-0.05, 0) is 35.9 Å². The van der Waals surface area contributed by atoms with Crippen molar-refractivity contribution < 1.29 is 9.53 Å². The maximum Gasteiger partial charge on any atom is 0.250 e. The monoisotopic (exact) mass is 378 g/mol. The SMILES string of the molecule is COc1cccc2sc(NC(=O)/C=C/c3ccc(Cl)c(Cl)c3)nc12. The molecule has 2 aromatic carbocycles. The molecule has 0 atom stereocenters. The number of methoxy groups -OCH3 is 1. The van der Waals surface area contributed by atoms with Crippen molar-refractivity contribution in [1.29, 1.82) is 0 Å². The minimum atomic E-state index is -0.279. The highest BCUT2D eigenvalue weighted by Gasteiger charge is 2.09. The van der Waals surface area contributed by atoms with Gasteiger partial charge in [0.25, 0.3) is 0 Å². The Hall–Kier alpha value is -2.08. The lowest BCUT2D eigenvalue weighted by molar-refractivity contribution is -0.111. The first kappa shape index (κ1) is 16.8. The van der Waals surface area contributed by atoms with Gasteiger partial charge in [-0.15, -0.1) is 0 Å². The number of anilines is 1. The number of halogens is 2. The predicted molar refractivity (Wildman–Crippen MR) is 100 cm³/mol. The standard InChI is InChI=1S/C17H12Cl2N2O2S/c1-23-13-3-2-4-14-16(13)21-17(24-14)20-15(22)8-6-10-5-7-11(18)12(19)9-10/h2-9H,1H3,(H,20,21,22)/b8-6+. The molecule has 1 amide bonds. The van der Waals surface area contributed by atoms with Crippen LogP contribution in [-0.2, 0) is 4.79 Å².